The van der Waals surface area contributed by atoms with Crippen LogP contribution < -0.4 is 0 Å². The lowest BCUT2D eigenvalue weighted by atomic mass is 10.1. The van der Waals surface area contributed by atoms with E-state index in [4.69, 9.17) is 11.6 Å². The molecule has 4 nitrogen and oxygen atoms in total. The molecule has 1 heterocycles. The molecule has 86 valence electrons. The van der Waals surface area contributed by atoms with Gasteiger partial charge in [0.05, 0.1) is 7.11 Å². The minimum Gasteiger partial charge on any atom is -0.467 e. The van der Waals surface area contributed by atoms with Crippen molar-refractivity contribution in [1.82, 2.24) is 4.90 Å². The van der Waals surface area contributed by atoms with Gasteiger partial charge in [-0.2, -0.15) is 0 Å². The molecule has 2 unspecified atom stereocenters. The predicted octanol–water partition coefficient (Wildman–Crippen LogP) is 1.03. The lowest BCUT2D eigenvalue weighted by molar-refractivity contribution is -0.151. The zero-order valence-electron chi connectivity index (χ0n) is 9.03. The second-order valence-electron chi connectivity index (χ2n) is 3.77. The Balaban J connectivity index is 2.68. The van der Waals surface area contributed by atoms with Crippen LogP contribution in [0.1, 0.15) is 19.8 Å². The van der Waals surface area contributed by atoms with Crippen molar-refractivity contribution >= 4 is 23.5 Å². The number of ether oxygens (including phenoxy) is 1. The molecular weight excluding hydrogens is 218 g/mol. The number of likely N-dealkylation sites (tertiary alicyclic amines) is 1. The third kappa shape index (κ3) is 2.62. The molecule has 0 N–H and O–H groups in total. The Morgan fingerprint density at radius 1 is 1.60 bits per heavy atom. The van der Waals surface area contributed by atoms with Gasteiger partial charge in [0.15, 0.2) is 0 Å². The molecule has 1 fully saturated rings. The Hall–Kier alpha value is -0.770. The molecule has 0 radical (unpaired) electrons. The predicted molar refractivity (Wildman–Crippen MR) is 56.6 cm³/mol. The number of halogens is 1. The van der Waals surface area contributed by atoms with Crippen molar-refractivity contribution in [3.05, 3.63) is 0 Å². The Labute approximate surface area is 94.5 Å². The molecule has 1 saturated heterocycles. The molecule has 0 aromatic heterocycles. The number of methoxy groups -OCH3 is 1. The van der Waals surface area contributed by atoms with Gasteiger partial charge in [-0.1, -0.05) is 6.92 Å². The van der Waals surface area contributed by atoms with Gasteiger partial charge in [-0.15, -0.1) is 11.6 Å². The third-order valence-electron chi connectivity index (χ3n) is 2.66. The highest BCUT2D eigenvalue weighted by atomic mass is 35.5. The summed E-state index contributed by atoms with van der Waals surface area (Å²) in [6, 6.07) is -0.409. The van der Waals surface area contributed by atoms with Gasteiger partial charge in [0.2, 0.25) is 5.91 Å². The summed E-state index contributed by atoms with van der Waals surface area (Å²) >= 11 is 5.62. The van der Waals surface area contributed by atoms with Gasteiger partial charge in [0.25, 0.3) is 0 Å². The molecule has 1 aliphatic heterocycles. The lowest BCUT2D eigenvalue weighted by Crippen LogP contribution is -2.43. The second kappa shape index (κ2) is 5.35. The molecule has 0 aromatic rings. The summed E-state index contributed by atoms with van der Waals surface area (Å²) in [4.78, 5) is 24.8. The average molecular weight is 234 g/mol. The summed E-state index contributed by atoms with van der Waals surface area (Å²) < 4.78 is 4.66. The third-order valence-corrected chi connectivity index (χ3v) is 3.13. The van der Waals surface area contributed by atoms with Crippen molar-refractivity contribution < 1.29 is 14.3 Å². The standard InChI is InChI=1S/C10H16ClNO3/c1-7(6-11)9(13)12-5-3-4-8(12)10(14)15-2/h7-8H,3-6H2,1-2H3. The van der Waals surface area contributed by atoms with Crippen molar-refractivity contribution in [3.8, 4) is 0 Å². The molecule has 0 aromatic carbocycles. The van der Waals surface area contributed by atoms with Crippen molar-refractivity contribution in [3.63, 3.8) is 0 Å². The number of hydrogen-bond acceptors (Lipinski definition) is 3. The number of nitrogens with zero attached hydrogens (tertiary/aromatic N) is 1. The monoisotopic (exact) mass is 233 g/mol. The highest BCUT2D eigenvalue weighted by molar-refractivity contribution is 6.19. The van der Waals surface area contributed by atoms with Crippen molar-refractivity contribution in [2.75, 3.05) is 19.5 Å². The molecule has 0 aliphatic carbocycles. The summed E-state index contributed by atoms with van der Waals surface area (Å²) in [6.07, 6.45) is 1.54. The van der Waals surface area contributed by atoms with E-state index in [-0.39, 0.29) is 23.7 Å². The highest BCUT2D eigenvalue weighted by Gasteiger charge is 2.36. The van der Waals surface area contributed by atoms with Crippen LogP contribution in [0.3, 0.4) is 0 Å². The average Bonchev–Trinajstić information content (AvgIpc) is 2.74. The van der Waals surface area contributed by atoms with Crippen LogP contribution in [0.15, 0.2) is 0 Å². The van der Waals surface area contributed by atoms with Gasteiger partial charge in [0, 0.05) is 18.3 Å². The van der Waals surface area contributed by atoms with Crippen LogP contribution in [0, 0.1) is 5.92 Å². The zero-order chi connectivity index (χ0) is 11.4. The van der Waals surface area contributed by atoms with Crippen LogP contribution in [-0.4, -0.2) is 42.4 Å². The van der Waals surface area contributed by atoms with Crippen LogP contribution in [0.5, 0.6) is 0 Å². The summed E-state index contributed by atoms with van der Waals surface area (Å²) in [5.41, 5.74) is 0. The van der Waals surface area contributed by atoms with Crippen LogP contribution in [-0.2, 0) is 14.3 Å². The molecule has 2 atom stereocenters. The Morgan fingerprint density at radius 3 is 2.80 bits per heavy atom. The molecule has 5 heteroatoms. The van der Waals surface area contributed by atoms with E-state index in [1.807, 2.05) is 0 Å². The van der Waals surface area contributed by atoms with E-state index < -0.39 is 6.04 Å². The molecular formula is C10H16ClNO3. The highest BCUT2D eigenvalue weighted by Crippen LogP contribution is 2.21. The molecule has 15 heavy (non-hydrogen) atoms. The number of esters is 1. The molecule has 1 amide bonds. The van der Waals surface area contributed by atoms with Gasteiger partial charge in [-0.05, 0) is 12.8 Å². The summed E-state index contributed by atoms with van der Waals surface area (Å²) in [7, 11) is 1.34. The maximum absolute atomic E-state index is 11.8. The maximum Gasteiger partial charge on any atom is 0.328 e. The first-order valence-corrected chi connectivity index (χ1v) is 5.59. The number of carbonyl (C=O) groups is 2. The minimum absolute atomic E-state index is 0.0575. The number of amides is 1. The Kier molecular flexibility index (Phi) is 4.39. The maximum atomic E-state index is 11.8. The van der Waals surface area contributed by atoms with Gasteiger partial charge in [-0.25, -0.2) is 4.79 Å². The van der Waals surface area contributed by atoms with E-state index in [0.717, 1.165) is 6.42 Å². The first kappa shape index (κ1) is 12.3. The Bertz CT molecular complexity index is 257. The van der Waals surface area contributed by atoms with E-state index in [0.29, 0.717) is 13.0 Å². The van der Waals surface area contributed by atoms with E-state index in [9.17, 15) is 9.59 Å². The molecule has 0 bridgehead atoms. The normalized spacial score (nSPS) is 22.6. The first-order chi connectivity index (χ1) is 7.11. The Morgan fingerprint density at radius 2 is 2.27 bits per heavy atom. The number of alkyl halides is 1. The largest absolute Gasteiger partial charge is 0.467 e. The SMILES string of the molecule is COC(=O)C1CCCN1C(=O)C(C)CCl. The molecule has 1 aliphatic rings. The smallest absolute Gasteiger partial charge is 0.328 e. The minimum atomic E-state index is -0.409. The lowest BCUT2D eigenvalue weighted by Gasteiger charge is -2.24. The van der Waals surface area contributed by atoms with Crippen molar-refractivity contribution in [2.24, 2.45) is 5.92 Å². The summed E-state index contributed by atoms with van der Waals surface area (Å²) in [5.74, 6) is -0.346. The van der Waals surface area contributed by atoms with E-state index in [1.54, 1.807) is 11.8 Å². The zero-order valence-corrected chi connectivity index (χ0v) is 9.79. The fourth-order valence-electron chi connectivity index (χ4n) is 1.76. The van der Waals surface area contributed by atoms with Gasteiger partial charge >= 0.3 is 5.97 Å². The molecule has 1 rings (SSSR count). The van der Waals surface area contributed by atoms with E-state index >= 15 is 0 Å². The number of carbonyl (C=O) groups excluding carboxylic acids is 2. The topological polar surface area (TPSA) is 46.6 Å². The summed E-state index contributed by atoms with van der Waals surface area (Å²) in [5, 5.41) is 0. The van der Waals surface area contributed by atoms with Gasteiger partial charge in [-0.3, -0.25) is 4.79 Å². The number of hydrogen-bond donors (Lipinski definition) is 0. The fourth-order valence-corrected chi connectivity index (χ4v) is 1.89. The van der Waals surface area contributed by atoms with Crippen LogP contribution >= 0.6 is 11.6 Å². The molecule has 0 saturated carbocycles. The fraction of sp³-hybridized carbons (Fsp3) is 0.800. The summed E-state index contributed by atoms with van der Waals surface area (Å²) in [6.45, 7) is 2.39. The van der Waals surface area contributed by atoms with Crippen LogP contribution in [0.4, 0.5) is 0 Å². The van der Waals surface area contributed by atoms with Gasteiger partial charge in [0.1, 0.15) is 6.04 Å². The van der Waals surface area contributed by atoms with Crippen LogP contribution in [0.2, 0.25) is 0 Å². The van der Waals surface area contributed by atoms with E-state index in [2.05, 4.69) is 4.74 Å². The van der Waals surface area contributed by atoms with Gasteiger partial charge < -0.3 is 9.64 Å². The molecule has 0 spiro atoms. The first-order valence-electron chi connectivity index (χ1n) is 5.06. The quantitative estimate of drug-likeness (QED) is 0.540. The second-order valence-corrected chi connectivity index (χ2v) is 4.08. The van der Waals surface area contributed by atoms with Crippen molar-refractivity contribution in [1.29, 1.82) is 0 Å². The van der Waals surface area contributed by atoms with E-state index in [1.165, 1.54) is 7.11 Å². The van der Waals surface area contributed by atoms with Crippen LogP contribution in [0.25, 0.3) is 0 Å². The van der Waals surface area contributed by atoms with Crippen molar-refractivity contribution in [2.45, 2.75) is 25.8 Å². The number of rotatable bonds is 3.